The van der Waals surface area contributed by atoms with E-state index in [2.05, 4.69) is 49.1 Å². The molecular formula is C15H18Br2N2O. The summed E-state index contributed by atoms with van der Waals surface area (Å²) in [6, 6.07) is 6.02. The van der Waals surface area contributed by atoms with E-state index in [0.717, 1.165) is 52.1 Å². The zero-order valence-electron chi connectivity index (χ0n) is 11.5. The van der Waals surface area contributed by atoms with Gasteiger partial charge in [-0.25, -0.2) is 4.98 Å². The van der Waals surface area contributed by atoms with E-state index in [9.17, 15) is 0 Å². The molecule has 1 N–H and O–H groups in total. The number of hydrogen-bond donors (Lipinski definition) is 1. The third-order valence-electron chi connectivity index (χ3n) is 2.92. The molecule has 3 nitrogen and oxygen atoms in total. The normalized spacial score (nSPS) is 10.9. The molecular weight excluding hydrogens is 384 g/mol. The first kappa shape index (κ1) is 15.7. The number of nitrogens with zero attached hydrogens (tertiary/aromatic N) is 1. The van der Waals surface area contributed by atoms with Gasteiger partial charge in [0, 0.05) is 20.9 Å². The number of aryl methyl sites for hydroxylation is 1. The van der Waals surface area contributed by atoms with Crippen LogP contribution in [0.1, 0.15) is 25.7 Å². The maximum Gasteiger partial charge on any atom is 0.194 e. The highest BCUT2D eigenvalue weighted by molar-refractivity contribution is 9.11. The second-order valence-corrected chi connectivity index (χ2v) is 6.37. The van der Waals surface area contributed by atoms with Crippen LogP contribution in [-0.2, 0) is 6.42 Å². The number of halogens is 2. The van der Waals surface area contributed by atoms with E-state index in [4.69, 9.17) is 4.42 Å². The van der Waals surface area contributed by atoms with Gasteiger partial charge in [0.15, 0.2) is 11.7 Å². The summed E-state index contributed by atoms with van der Waals surface area (Å²) < 4.78 is 7.85. The van der Waals surface area contributed by atoms with E-state index < -0.39 is 0 Å². The minimum Gasteiger partial charge on any atom is -0.441 e. The Morgan fingerprint density at radius 2 is 2.10 bits per heavy atom. The van der Waals surface area contributed by atoms with E-state index in [0.29, 0.717) is 0 Å². The summed E-state index contributed by atoms with van der Waals surface area (Å²) in [6.45, 7) is 4.25. The summed E-state index contributed by atoms with van der Waals surface area (Å²) in [5, 5.41) is 3.38. The lowest BCUT2D eigenvalue weighted by molar-refractivity contribution is 0.491. The first-order valence-corrected chi connectivity index (χ1v) is 8.40. The van der Waals surface area contributed by atoms with Crippen LogP contribution in [0.15, 0.2) is 37.8 Å². The van der Waals surface area contributed by atoms with Crippen LogP contribution >= 0.6 is 31.9 Å². The second kappa shape index (κ2) is 7.96. The lowest BCUT2D eigenvalue weighted by Gasteiger charge is -2.02. The van der Waals surface area contributed by atoms with Crippen LogP contribution in [0.25, 0.3) is 11.3 Å². The van der Waals surface area contributed by atoms with Crippen molar-refractivity contribution in [3.8, 4) is 11.3 Å². The van der Waals surface area contributed by atoms with Crippen LogP contribution in [0.5, 0.6) is 0 Å². The van der Waals surface area contributed by atoms with Crippen molar-refractivity contribution in [1.82, 2.24) is 10.3 Å². The van der Waals surface area contributed by atoms with Crippen molar-refractivity contribution in [3.63, 3.8) is 0 Å². The molecule has 20 heavy (non-hydrogen) atoms. The summed E-state index contributed by atoms with van der Waals surface area (Å²) in [7, 11) is 0. The fraction of sp³-hybridized carbons (Fsp3) is 0.400. The van der Waals surface area contributed by atoms with Gasteiger partial charge >= 0.3 is 0 Å². The van der Waals surface area contributed by atoms with Gasteiger partial charge in [-0.2, -0.15) is 0 Å². The monoisotopic (exact) mass is 400 g/mol. The van der Waals surface area contributed by atoms with E-state index in [-0.39, 0.29) is 0 Å². The van der Waals surface area contributed by atoms with Gasteiger partial charge in [0.1, 0.15) is 0 Å². The van der Waals surface area contributed by atoms with E-state index >= 15 is 0 Å². The first-order chi connectivity index (χ1) is 9.70. The van der Waals surface area contributed by atoms with Gasteiger partial charge in [-0.05, 0) is 60.1 Å². The molecule has 0 atom stereocenters. The van der Waals surface area contributed by atoms with Crippen molar-refractivity contribution < 1.29 is 4.42 Å². The quantitative estimate of drug-likeness (QED) is 0.677. The van der Waals surface area contributed by atoms with Crippen LogP contribution in [0.4, 0.5) is 0 Å². The SMILES string of the molecule is CCCNCCCc1ncc(-c2ccc(Br)cc2Br)o1. The Labute approximate surface area is 136 Å². The van der Waals surface area contributed by atoms with Gasteiger partial charge in [-0.15, -0.1) is 0 Å². The van der Waals surface area contributed by atoms with Crippen molar-refractivity contribution in [3.05, 3.63) is 39.2 Å². The second-order valence-electron chi connectivity index (χ2n) is 4.60. The van der Waals surface area contributed by atoms with Crippen molar-refractivity contribution in [1.29, 1.82) is 0 Å². The summed E-state index contributed by atoms with van der Waals surface area (Å²) in [6.07, 6.45) is 4.87. The topological polar surface area (TPSA) is 38.1 Å². The highest BCUT2D eigenvalue weighted by atomic mass is 79.9. The standard InChI is InChI=1S/C15H18Br2N2O/c1-2-7-18-8-3-4-15-19-10-14(20-15)12-6-5-11(16)9-13(12)17/h5-6,9-10,18H,2-4,7-8H2,1H3. The first-order valence-electron chi connectivity index (χ1n) is 6.81. The fourth-order valence-electron chi connectivity index (χ4n) is 1.91. The summed E-state index contributed by atoms with van der Waals surface area (Å²) in [4.78, 5) is 4.35. The average Bonchev–Trinajstić information content (AvgIpc) is 2.87. The molecule has 0 saturated carbocycles. The molecule has 1 heterocycles. The zero-order chi connectivity index (χ0) is 14.4. The molecule has 1 aromatic carbocycles. The van der Waals surface area contributed by atoms with Gasteiger partial charge in [0.05, 0.1) is 6.20 Å². The number of rotatable bonds is 7. The molecule has 0 aliphatic rings. The lowest BCUT2D eigenvalue weighted by Crippen LogP contribution is -2.16. The Kier molecular flexibility index (Phi) is 6.26. The summed E-state index contributed by atoms with van der Waals surface area (Å²) >= 11 is 6.99. The van der Waals surface area contributed by atoms with Crippen molar-refractivity contribution in [2.45, 2.75) is 26.2 Å². The van der Waals surface area contributed by atoms with Crippen molar-refractivity contribution in [2.75, 3.05) is 13.1 Å². The van der Waals surface area contributed by atoms with Crippen LogP contribution in [-0.4, -0.2) is 18.1 Å². The van der Waals surface area contributed by atoms with E-state index in [1.165, 1.54) is 6.42 Å². The van der Waals surface area contributed by atoms with Crippen LogP contribution in [0, 0.1) is 0 Å². The Morgan fingerprint density at radius 1 is 1.25 bits per heavy atom. The Morgan fingerprint density at radius 3 is 2.85 bits per heavy atom. The van der Waals surface area contributed by atoms with Gasteiger partial charge in [0.25, 0.3) is 0 Å². The number of nitrogens with one attached hydrogen (secondary N) is 1. The third-order valence-corrected chi connectivity index (χ3v) is 4.07. The van der Waals surface area contributed by atoms with Gasteiger partial charge < -0.3 is 9.73 Å². The Bertz CT molecular complexity index is 555. The predicted molar refractivity (Wildman–Crippen MR) is 88.8 cm³/mol. The van der Waals surface area contributed by atoms with Crippen molar-refractivity contribution in [2.24, 2.45) is 0 Å². The molecule has 0 aliphatic carbocycles. The molecule has 2 rings (SSSR count). The van der Waals surface area contributed by atoms with Gasteiger partial charge in [-0.1, -0.05) is 22.9 Å². The molecule has 5 heteroatoms. The Hall–Kier alpha value is -0.650. The average molecular weight is 402 g/mol. The third kappa shape index (κ3) is 4.43. The summed E-state index contributed by atoms with van der Waals surface area (Å²) in [5.74, 6) is 1.61. The maximum absolute atomic E-state index is 5.81. The number of oxazole rings is 1. The minimum absolute atomic E-state index is 0.799. The van der Waals surface area contributed by atoms with Gasteiger partial charge in [0.2, 0.25) is 0 Å². The van der Waals surface area contributed by atoms with Crippen LogP contribution in [0.2, 0.25) is 0 Å². The smallest absolute Gasteiger partial charge is 0.194 e. The number of aromatic nitrogens is 1. The minimum atomic E-state index is 0.799. The molecule has 0 spiro atoms. The highest BCUT2D eigenvalue weighted by Gasteiger charge is 2.09. The molecule has 0 aliphatic heterocycles. The van der Waals surface area contributed by atoms with Crippen LogP contribution in [0.3, 0.4) is 0 Å². The molecule has 0 unspecified atom stereocenters. The van der Waals surface area contributed by atoms with Gasteiger partial charge in [-0.3, -0.25) is 0 Å². The summed E-state index contributed by atoms with van der Waals surface area (Å²) in [5.41, 5.74) is 1.02. The molecule has 0 amide bonds. The fourth-order valence-corrected chi connectivity index (χ4v) is 3.15. The molecule has 2 aromatic rings. The number of benzene rings is 1. The van der Waals surface area contributed by atoms with E-state index in [1.54, 1.807) is 6.20 Å². The highest BCUT2D eigenvalue weighted by Crippen LogP contribution is 2.31. The molecule has 0 saturated heterocycles. The van der Waals surface area contributed by atoms with Crippen molar-refractivity contribution >= 4 is 31.9 Å². The molecule has 0 bridgehead atoms. The predicted octanol–water partition coefficient (Wildman–Crippen LogP) is 4.80. The zero-order valence-corrected chi connectivity index (χ0v) is 14.6. The molecule has 1 aromatic heterocycles. The maximum atomic E-state index is 5.81. The molecule has 0 fully saturated rings. The molecule has 108 valence electrons. The largest absolute Gasteiger partial charge is 0.441 e. The van der Waals surface area contributed by atoms with E-state index in [1.807, 2.05) is 18.2 Å². The molecule has 0 radical (unpaired) electrons. The lowest BCUT2D eigenvalue weighted by atomic mass is 10.2. The number of hydrogen-bond acceptors (Lipinski definition) is 3. The Balaban J connectivity index is 1.95. The van der Waals surface area contributed by atoms with Crippen LogP contribution < -0.4 is 5.32 Å².